The number of hydrogen-bond donors (Lipinski definition) is 1. The molecule has 164 valence electrons. The fraction of sp³-hybridized carbons (Fsp3) is 0.231. The van der Waals surface area contributed by atoms with Gasteiger partial charge in [0.05, 0.1) is 17.3 Å². The van der Waals surface area contributed by atoms with Gasteiger partial charge in [0, 0.05) is 10.9 Å². The Morgan fingerprint density at radius 2 is 1.72 bits per heavy atom. The van der Waals surface area contributed by atoms with E-state index in [1.807, 2.05) is 54.6 Å². The maximum atomic E-state index is 13.7. The summed E-state index contributed by atoms with van der Waals surface area (Å²) in [5.41, 5.74) is 2.26. The van der Waals surface area contributed by atoms with Crippen molar-refractivity contribution in [2.75, 3.05) is 5.32 Å². The van der Waals surface area contributed by atoms with Crippen LogP contribution in [0.1, 0.15) is 40.6 Å². The molecule has 0 fully saturated rings. The number of benzene rings is 3. The first-order chi connectivity index (χ1) is 15.4. The molecule has 0 aromatic heterocycles. The lowest BCUT2D eigenvalue weighted by atomic mass is 9.76. The average molecular weight is 456 g/mol. The molecule has 2 aliphatic rings. The van der Waals surface area contributed by atoms with Crippen LogP contribution in [0.5, 0.6) is 5.75 Å². The van der Waals surface area contributed by atoms with E-state index in [0.717, 1.165) is 29.2 Å². The van der Waals surface area contributed by atoms with Crippen molar-refractivity contribution in [1.29, 1.82) is 0 Å². The van der Waals surface area contributed by atoms with E-state index in [0.29, 0.717) is 17.4 Å². The van der Waals surface area contributed by atoms with Gasteiger partial charge in [-0.15, -0.1) is 0 Å². The van der Waals surface area contributed by atoms with E-state index in [9.17, 15) is 13.2 Å². The highest BCUT2D eigenvalue weighted by molar-refractivity contribution is 6.30. The first kappa shape index (κ1) is 21.0. The summed E-state index contributed by atoms with van der Waals surface area (Å²) in [6.07, 6.45) is 0.536. The van der Waals surface area contributed by atoms with Crippen molar-refractivity contribution >= 4 is 17.3 Å². The molecular formula is C26H21ClF3NO. The summed E-state index contributed by atoms with van der Waals surface area (Å²) >= 11 is 5.91. The highest BCUT2D eigenvalue weighted by Crippen LogP contribution is 2.52. The highest BCUT2D eigenvalue weighted by Gasteiger charge is 2.42. The predicted octanol–water partition coefficient (Wildman–Crippen LogP) is 7.76. The summed E-state index contributed by atoms with van der Waals surface area (Å²) in [6.45, 7) is 0.412. The third-order valence-corrected chi connectivity index (χ3v) is 6.51. The zero-order valence-electron chi connectivity index (χ0n) is 17.1. The number of para-hydroxylation sites is 1. The van der Waals surface area contributed by atoms with Crippen LogP contribution < -0.4 is 10.1 Å². The minimum absolute atomic E-state index is 0.0284. The molecule has 5 rings (SSSR count). The lowest BCUT2D eigenvalue weighted by Crippen LogP contribution is -2.30. The predicted molar refractivity (Wildman–Crippen MR) is 120 cm³/mol. The van der Waals surface area contributed by atoms with Crippen LogP contribution in [0.25, 0.3) is 0 Å². The van der Waals surface area contributed by atoms with Crippen molar-refractivity contribution in [3.05, 3.63) is 106 Å². The molecule has 0 amide bonds. The summed E-state index contributed by atoms with van der Waals surface area (Å²) in [6, 6.07) is 19.3. The Kier molecular flexibility index (Phi) is 5.38. The minimum Gasteiger partial charge on any atom is -0.489 e. The molecule has 0 radical (unpaired) electrons. The van der Waals surface area contributed by atoms with Gasteiger partial charge in [-0.25, -0.2) is 0 Å². The van der Waals surface area contributed by atoms with E-state index in [1.54, 1.807) is 6.07 Å². The standard InChI is InChI=1S/C26H21ClF3NO/c27-18-11-7-16(8-12-18)15-32-19-13-9-17(10-14-19)24-21-4-1-3-20(21)22-5-2-6-23(25(22)31-24)26(28,29)30/h1-3,5-14,20-21,24,31H,4,15H2/t20?,21?,24-/m1/s1. The van der Waals surface area contributed by atoms with Crippen LogP contribution in [-0.4, -0.2) is 0 Å². The lowest BCUT2D eigenvalue weighted by Gasteiger charge is -2.38. The van der Waals surface area contributed by atoms with Gasteiger partial charge in [-0.05, 0) is 59.4 Å². The van der Waals surface area contributed by atoms with E-state index in [-0.39, 0.29) is 23.6 Å². The number of anilines is 1. The van der Waals surface area contributed by atoms with Gasteiger partial charge >= 0.3 is 6.18 Å². The molecule has 0 spiro atoms. The Hall–Kier alpha value is -2.92. The summed E-state index contributed by atoms with van der Waals surface area (Å²) < 4.78 is 46.9. The van der Waals surface area contributed by atoms with Gasteiger partial charge in [-0.2, -0.15) is 13.2 Å². The second-order valence-electron chi connectivity index (χ2n) is 8.23. The molecule has 2 nitrogen and oxygen atoms in total. The van der Waals surface area contributed by atoms with Crippen LogP contribution in [0.4, 0.5) is 18.9 Å². The zero-order valence-corrected chi connectivity index (χ0v) is 17.8. The van der Waals surface area contributed by atoms with Crippen LogP contribution in [0, 0.1) is 5.92 Å². The van der Waals surface area contributed by atoms with Crippen molar-refractivity contribution in [1.82, 2.24) is 0 Å². The number of halogens is 4. The maximum Gasteiger partial charge on any atom is 0.418 e. The molecule has 3 aromatic rings. The van der Waals surface area contributed by atoms with E-state index < -0.39 is 11.7 Å². The molecule has 32 heavy (non-hydrogen) atoms. The largest absolute Gasteiger partial charge is 0.489 e. The molecule has 1 heterocycles. The molecule has 3 aromatic carbocycles. The zero-order chi connectivity index (χ0) is 22.3. The van der Waals surface area contributed by atoms with Gasteiger partial charge in [-0.1, -0.05) is 60.2 Å². The molecule has 0 saturated carbocycles. The third kappa shape index (κ3) is 3.97. The second-order valence-corrected chi connectivity index (χ2v) is 8.66. The van der Waals surface area contributed by atoms with Gasteiger partial charge in [-0.3, -0.25) is 0 Å². The summed E-state index contributed by atoms with van der Waals surface area (Å²) in [5, 5.41) is 3.90. The second kappa shape index (κ2) is 8.21. The number of fused-ring (bicyclic) bond motifs is 3. The van der Waals surface area contributed by atoms with E-state index >= 15 is 0 Å². The quantitative estimate of drug-likeness (QED) is 0.406. The number of allylic oxidation sites excluding steroid dienone is 2. The van der Waals surface area contributed by atoms with Crippen LogP contribution >= 0.6 is 11.6 Å². The first-order valence-electron chi connectivity index (χ1n) is 10.5. The van der Waals surface area contributed by atoms with Gasteiger partial charge < -0.3 is 10.1 Å². The van der Waals surface area contributed by atoms with Crippen molar-refractivity contribution < 1.29 is 17.9 Å². The molecule has 2 unspecified atom stereocenters. The SMILES string of the molecule is FC(F)(F)c1cccc2c1N[C@H](c1ccc(OCc3ccc(Cl)cc3)cc1)C1CC=CC21. The van der Waals surface area contributed by atoms with Crippen LogP contribution in [0.3, 0.4) is 0 Å². The van der Waals surface area contributed by atoms with Crippen LogP contribution in [0.15, 0.2) is 78.9 Å². The molecule has 0 bridgehead atoms. The normalized spacial score (nSPS) is 21.6. The minimum atomic E-state index is -4.41. The topological polar surface area (TPSA) is 21.3 Å². The average Bonchev–Trinajstić information content (AvgIpc) is 3.28. The Balaban J connectivity index is 1.39. The van der Waals surface area contributed by atoms with Gasteiger partial charge in [0.2, 0.25) is 0 Å². The van der Waals surface area contributed by atoms with Crippen molar-refractivity contribution in [3.63, 3.8) is 0 Å². The van der Waals surface area contributed by atoms with Crippen LogP contribution in [-0.2, 0) is 12.8 Å². The molecule has 1 aliphatic carbocycles. The van der Waals surface area contributed by atoms with E-state index in [1.165, 1.54) is 6.07 Å². The van der Waals surface area contributed by atoms with Crippen LogP contribution in [0.2, 0.25) is 5.02 Å². The Bertz CT molecular complexity index is 1140. The molecule has 1 N–H and O–H groups in total. The fourth-order valence-electron chi connectivity index (χ4n) is 4.71. The summed E-state index contributed by atoms with van der Waals surface area (Å²) in [5.74, 6) is 0.850. The number of hydrogen-bond acceptors (Lipinski definition) is 2. The first-order valence-corrected chi connectivity index (χ1v) is 10.9. The molecule has 6 heteroatoms. The Labute approximate surface area is 189 Å². The van der Waals surface area contributed by atoms with Gasteiger partial charge in [0.15, 0.2) is 0 Å². The molecule has 3 atom stereocenters. The Morgan fingerprint density at radius 3 is 2.44 bits per heavy atom. The number of rotatable bonds is 4. The number of ether oxygens (including phenoxy) is 1. The fourth-order valence-corrected chi connectivity index (χ4v) is 4.83. The van der Waals surface area contributed by atoms with Gasteiger partial charge in [0.25, 0.3) is 0 Å². The van der Waals surface area contributed by atoms with Crippen molar-refractivity contribution in [2.24, 2.45) is 5.92 Å². The maximum absolute atomic E-state index is 13.7. The number of nitrogens with one attached hydrogen (secondary N) is 1. The van der Waals surface area contributed by atoms with Crippen molar-refractivity contribution in [2.45, 2.75) is 31.2 Å². The summed E-state index contributed by atoms with van der Waals surface area (Å²) in [7, 11) is 0. The van der Waals surface area contributed by atoms with E-state index in [4.69, 9.17) is 16.3 Å². The lowest BCUT2D eigenvalue weighted by molar-refractivity contribution is -0.137. The van der Waals surface area contributed by atoms with E-state index in [2.05, 4.69) is 11.4 Å². The molecule has 0 saturated heterocycles. The highest BCUT2D eigenvalue weighted by atomic mass is 35.5. The molecule has 1 aliphatic heterocycles. The monoisotopic (exact) mass is 455 g/mol. The summed E-state index contributed by atoms with van der Waals surface area (Å²) in [4.78, 5) is 0. The molecular weight excluding hydrogens is 435 g/mol. The van der Waals surface area contributed by atoms with Gasteiger partial charge in [0.1, 0.15) is 12.4 Å². The third-order valence-electron chi connectivity index (χ3n) is 6.26. The Morgan fingerprint density at radius 1 is 0.969 bits per heavy atom. The smallest absolute Gasteiger partial charge is 0.418 e. The van der Waals surface area contributed by atoms with Crippen molar-refractivity contribution in [3.8, 4) is 5.75 Å². The number of alkyl halides is 3.